The highest BCUT2D eigenvalue weighted by Crippen LogP contribution is 2.38. The van der Waals surface area contributed by atoms with Crippen LogP contribution in [0.2, 0.25) is 0 Å². The number of benzene rings is 2. The average Bonchev–Trinajstić information content (AvgIpc) is 2.99. The van der Waals surface area contributed by atoms with Gasteiger partial charge in [-0.2, -0.15) is 5.26 Å². The van der Waals surface area contributed by atoms with Crippen molar-refractivity contribution >= 4 is 21.9 Å². The zero-order valence-electron chi connectivity index (χ0n) is 12.8. The van der Waals surface area contributed by atoms with Crippen LogP contribution < -0.4 is 4.74 Å². The van der Waals surface area contributed by atoms with Crippen molar-refractivity contribution in [1.29, 1.82) is 5.26 Å². The van der Waals surface area contributed by atoms with E-state index in [-0.39, 0.29) is 11.7 Å². The Bertz CT molecular complexity index is 1110. The van der Waals surface area contributed by atoms with Crippen molar-refractivity contribution in [1.82, 2.24) is 9.97 Å². The first-order chi connectivity index (χ1) is 11.7. The molecule has 4 aromatic rings. The molecular weight excluding hydrogens is 305 g/mol. The number of H-pyrrole nitrogens is 1. The van der Waals surface area contributed by atoms with Crippen LogP contribution in [-0.2, 0) is 0 Å². The van der Waals surface area contributed by atoms with E-state index < -0.39 is 0 Å². The molecule has 0 aliphatic carbocycles. The van der Waals surface area contributed by atoms with Crippen LogP contribution in [0.3, 0.4) is 0 Å². The van der Waals surface area contributed by atoms with Crippen LogP contribution in [0.4, 0.5) is 4.39 Å². The molecule has 0 atom stereocenters. The van der Waals surface area contributed by atoms with Gasteiger partial charge in [0, 0.05) is 16.5 Å². The van der Waals surface area contributed by atoms with E-state index in [1.54, 1.807) is 12.1 Å². The van der Waals surface area contributed by atoms with E-state index in [9.17, 15) is 9.65 Å². The number of halogens is 1. The number of fused-ring (bicyclic) bond motifs is 3. The zero-order chi connectivity index (χ0) is 16.7. The van der Waals surface area contributed by atoms with Crippen LogP contribution in [0.5, 0.6) is 5.88 Å². The third-order valence-electron chi connectivity index (χ3n) is 4.04. The molecular formula is C19H12FN3O. The minimum absolute atomic E-state index is 0.258. The summed E-state index contributed by atoms with van der Waals surface area (Å²) in [4.78, 5) is 7.83. The van der Waals surface area contributed by atoms with Gasteiger partial charge in [-0.15, -0.1) is 0 Å². The third kappa shape index (κ3) is 2.01. The van der Waals surface area contributed by atoms with Crippen LogP contribution in [0.15, 0.2) is 48.5 Å². The molecule has 2 heterocycles. The highest BCUT2D eigenvalue weighted by molar-refractivity contribution is 6.11. The maximum Gasteiger partial charge on any atom is 0.232 e. The first-order valence-electron chi connectivity index (χ1n) is 7.37. The zero-order valence-corrected chi connectivity index (χ0v) is 12.8. The Morgan fingerprint density at radius 3 is 2.58 bits per heavy atom. The van der Waals surface area contributed by atoms with Gasteiger partial charge in [0.25, 0.3) is 0 Å². The number of para-hydroxylation sites is 1. The molecule has 0 amide bonds. The van der Waals surface area contributed by atoms with Gasteiger partial charge in [0.05, 0.1) is 12.6 Å². The van der Waals surface area contributed by atoms with E-state index in [4.69, 9.17) is 4.74 Å². The molecule has 0 saturated carbocycles. The molecule has 0 saturated heterocycles. The normalized spacial score (nSPS) is 10.9. The molecule has 4 rings (SSSR count). The Hall–Kier alpha value is -3.39. The summed E-state index contributed by atoms with van der Waals surface area (Å²) in [6, 6.07) is 16.0. The van der Waals surface area contributed by atoms with Crippen molar-refractivity contribution in [3.8, 4) is 23.1 Å². The molecule has 1 N–H and O–H groups in total. The van der Waals surface area contributed by atoms with Crippen molar-refractivity contribution in [3.63, 3.8) is 0 Å². The predicted molar refractivity (Wildman–Crippen MR) is 90.3 cm³/mol. The maximum absolute atomic E-state index is 13.3. The lowest BCUT2D eigenvalue weighted by molar-refractivity contribution is 0.398. The van der Waals surface area contributed by atoms with E-state index in [1.165, 1.54) is 19.2 Å². The van der Waals surface area contributed by atoms with E-state index in [2.05, 4.69) is 16.0 Å². The van der Waals surface area contributed by atoms with Gasteiger partial charge in [0.15, 0.2) is 0 Å². The number of nitrogens with zero attached hydrogens (tertiary/aromatic N) is 2. The van der Waals surface area contributed by atoms with Gasteiger partial charge < -0.3 is 9.72 Å². The molecule has 4 nitrogen and oxygen atoms in total. The summed E-state index contributed by atoms with van der Waals surface area (Å²) < 4.78 is 18.6. The van der Waals surface area contributed by atoms with Gasteiger partial charge >= 0.3 is 0 Å². The summed E-state index contributed by atoms with van der Waals surface area (Å²) in [5.41, 5.74) is 4.09. The molecule has 0 fully saturated rings. The van der Waals surface area contributed by atoms with E-state index in [0.717, 1.165) is 27.5 Å². The van der Waals surface area contributed by atoms with E-state index >= 15 is 0 Å². The number of nitriles is 1. The first-order valence-corrected chi connectivity index (χ1v) is 7.37. The number of hydrogen-bond acceptors (Lipinski definition) is 3. The largest absolute Gasteiger partial charge is 0.480 e. The summed E-state index contributed by atoms with van der Waals surface area (Å²) >= 11 is 0. The molecule has 0 unspecified atom stereocenters. The summed E-state index contributed by atoms with van der Waals surface area (Å²) in [5, 5.41) is 10.6. The molecule has 2 aromatic carbocycles. The van der Waals surface area contributed by atoms with Crippen molar-refractivity contribution < 1.29 is 9.13 Å². The van der Waals surface area contributed by atoms with Crippen molar-refractivity contribution in [2.75, 3.05) is 7.11 Å². The van der Waals surface area contributed by atoms with E-state index in [0.29, 0.717) is 11.1 Å². The van der Waals surface area contributed by atoms with Gasteiger partial charge in [-0.25, -0.2) is 9.37 Å². The number of rotatable bonds is 2. The summed E-state index contributed by atoms with van der Waals surface area (Å²) in [6.45, 7) is 0. The molecule has 0 bridgehead atoms. The third-order valence-corrected chi connectivity index (χ3v) is 4.04. The highest BCUT2D eigenvalue weighted by atomic mass is 19.1. The van der Waals surface area contributed by atoms with Gasteiger partial charge in [0.1, 0.15) is 23.0 Å². The quantitative estimate of drug-likeness (QED) is 0.596. The van der Waals surface area contributed by atoms with Crippen molar-refractivity contribution in [3.05, 3.63) is 59.9 Å². The monoisotopic (exact) mass is 317 g/mol. The Balaban J connectivity index is 2.19. The lowest BCUT2D eigenvalue weighted by Gasteiger charge is -2.10. The summed E-state index contributed by atoms with van der Waals surface area (Å²) in [7, 11) is 1.48. The second-order valence-electron chi connectivity index (χ2n) is 5.38. The van der Waals surface area contributed by atoms with Gasteiger partial charge in [0.2, 0.25) is 5.88 Å². The van der Waals surface area contributed by atoms with Crippen LogP contribution in [0.25, 0.3) is 33.1 Å². The Kier molecular flexibility index (Phi) is 3.17. The fourth-order valence-electron chi connectivity index (χ4n) is 2.97. The van der Waals surface area contributed by atoms with Gasteiger partial charge in [-0.05, 0) is 23.8 Å². The molecule has 5 heteroatoms. The minimum atomic E-state index is -0.328. The highest BCUT2D eigenvalue weighted by Gasteiger charge is 2.20. The molecule has 2 aromatic heterocycles. The molecule has 0 aliphatic rings. The van der Waals surface area contributed by atoms with Crippen LogP contribution in [-0.4, -0.2) is 17.1 Å². The molecule has 24 heavy (non-hydrogen) atoms. The summed E-state index contributed by atoms with van der Waals surface area (Å²) in [5.74, 6) is -0.0692. The second-order valence-corrected chi connectivity index (χ2v) is 5.38. The predicted octanol–water partition coefficient (Wildman–Crippen LogP) is 4.40. The first kappa shape index (κ1) is 14.2. The Morgan fingerprint density at radius 2 is 1.88 bits per heavy atom. The minimum Gasteiger partial charge on any atom is -0.480 e. The van der Waals surface area contributed by atoms with Crippen LogP contribution in [0.1, 0.15) is 5.56 Å². The van der Waals surface area contributed by atoms with Crippen molar-refractivity contribution in [2.24, 2.45) is 0 Å². The maximum atomic E-state index is 13.3. The number of methoxy groups -OCH3 is 1. The number of aromatic amines is 1. The van der Waals surface area contributed by atoms with Gasteiger partial charge in [-0.1, -0.05) is 30.3 Å². The molecule has 0 aliphatic heterocycles. The molecule has 0 radical (unpaired) electrons. The van der Waals surface area contributed by atoms with E-state index in [1.807, 2.05) is 24.3 Å². The summed E-state index contributed by atoms with van der Waals surface area (Å²) in [6.07, 6.45) is 0. The molecule has 0 spiro atoms. The van der Waals surface area contributed by atoms with Crippen molar-refractivity contribution in [2.45, 2.75) is 0 Å². The topological polar surface area (TPSA) is 61.7 Å². The Morgan fingerprint density at radius 1 is 1.12 bits per heavy atom. The van der Waals surface area contributed by atoms with Crippen LogP contribution >= 0.6 is 0 Å². The fourth-order valence-corrected chi connectivity index (χ4v) is 2.97. The fraction of sp³-hybridized carbons (Fsp3) is 0.0526. The number of hydrogen-bond donors (Lipinski definition) is 1. The smallest absolute Gasteiger partial charge is 0.232 e. The SMILES string of the molecule is COc1nc2c([nH]c3ccccc32)c(-c2ccc(F)cc2)c1C#N. The molecule has 116 valence electrons. The number of aromatic nitrogens is 2. The Labute approximate surface area is 137 Å². The number of pyridine rings is 1. The average molecular weight is 317 g/mol. The number of nitrogens with one attached hydrogen (secondary N) is 1. The standard InChI is InChI=1S/C19H12FN3O/c1-24-19-14(10-21)16(11-6-8-12(20)9-7-11)18-17(23-19)13-4-2-3-5-15(13)22-18/h2-9,22H,1H3. The number of ether oxygens (including phenoxy) is 1. The van der Waals surface area contributed by atoms with Crippen LogP contribution in [0, 0.1) is 17.1 Å². The second kappa shape index (κ2) is 5.36. The van der Waals surface area contributed by atoms with Gasteiger partial charge in [-0.3, -0.25) is 0 Å². The lowest BCUT2D eigenvalue weighted by atomic mass is 9.99. The lowest BCUT2D eigenvalue weighted by Crippen LogP contribution is -1.96.